The van der Waals surface area contributed by atoms with E-state index in [2.05, 4.69) is 22.2 Å². The number of hydrogen-bond donors (Lipinski definition) is 1. The van der Waals surface area contributed by atoms with E-state index in [1.54, 1.807) is 13.3 Å². The van der Waals surface area contributed by atoms with Crippen LogP contribution in [0.4, 0.5) is 11.4 Å². The van der Waals surface area contributed by atoms with Crippen molar-refractivity contribution >= 4 is 28.3 Å². The van der Waals surface area contributed by atoms with E-state index >= 15 is 0 Å². The molecule has 0 bridgehead atoms. The SMILES string of the molecule is CC[C@H]1CCCCN1C(=O)c1cnc2nc(C)ccc2c1Nc1ccccc1OC. The number of hydrogen-bond acceptors (Lipinski definition) is 5. The molecule has 1 aliphatic rings. The quantitative estimate of drug-likeness (QED) is 0.641. The molecule has 0 unspecified atom stereocenters. The number of benzene rings is 1. The number of aryl methyl sites for hydroxylation is 1. The van der Waals surface area contributed by atoms with E-state index in [4.69, 9.17) is 4.74 Å². The molecule has 3 aromatic rings. The molecule has 0 radical (unpaired) electrons. The number of ether oxygens (including phenoxy) is 1. The Morgan fingerprint density at radius 2 is 2.07 bits per heavy atom. The highest BCUT2D eigenvalue weighted by Gasteiger charge is 2.29. The van der Waals surface area contributed by atoms with Crippen LogP contribution in [-0.4, -0.2) is 40.5 Å². The summed E-state index contributed by atoms with van der Waals surface area (Å²) in [6.07, 6.45) is 5.89. The number of pyridine rings is 2. The molecule has 1 N–H and O–H groups in total. The zero-order valence-electron chi connectivity index (χ0n) is 17.8. The Morgan fingerprint density at radius 3 is 2.87 bits per heavy atom. The molecule has 6 heteroatoms. The minimum absolute atomic E-state index is 0.0222. The molecule has 3 heterocycles. The number of rotatable bonds is 5. The maximum absolute atomic E-state index is 13.6. The second-order valence-corrected chi connectivity index (χ2v) is 7.75. The summed E-state index contributed by atoms with van der Waals surface area (Å²) >= 11 is 0. The molecule has 0 spiro atoms. The lowest BCUT2D eigenvalue weighted by Gasteiger charge is -2.35. The van der Waals surface area contributed by atoms with Crippen LogP contribution in [0, 0.1) is 6.92 Å². The third kappa shape index (κ3) is 3.82. The monoisotopic (exact) mass is 404 g/mol. The van der Waals surface area contributed by atoms with Gasteiger partial charge in [-0.05, 0) is 56.9 Å². The maximum atomic E-state index is 13.6. The summed E-state index contributed by atoms with van der Waals surface area (Å²) in [7, 11) is 1.64. The minimum Gasteiger partial charge on any atom is -0.495 e. The van der Waals surface area contributed by atoms with Gasteiger partial charge in [-0.15, -0.1) is 0 Å². The first-order chi connectivity index (χ1) is 14.6. The second kappa shape index (κ2) is 8.69. The minimum atomic E-state index is 0.0222. The molecule has 1 fully saturated rings. The van der Waals surface area contributed by atoms with Crippen LogP contribution in [0.1, 0.15) is 48.7 Å². The number of nitrogens with one attached hydrogen (secondary N) is 1. The van der Waals surface area contributed by atoms with Gasteiger partial charge in [-0.1, -0.05) is 19.1 Å². The lowest BCUT2D eigenvalue weighted by molar-refractivity contribution is 0.0609. The molecule has 1 aliphatic heterocycles. The Morgan fingerprint density at radius 1 is 1.23 bits per heavy atom. The van der Waals surface area contributed by atoms with Crippen LogP contribution in [0.15, 0.2) is 42.6 Å². The Kier molecular flexibility index (Phi) is 5.84. The van der Waals surface area contributed by atoms with Crippen molar-refractivity contribution in [1.29, 1.82) is 0 Å². The van der Waals surface area contributed by atoms with E-state index in [-0.39, 0.29) is 11.9 Å². The summed E-state index contributed by atoms with van der Waals surface area (Å²) < 4.78 is 5.51. The molecule has 0 saturated carbocycles. The summed E-state index contributed by atoms with van der Waals surface area (Å²) in [5.74, 6) is 0.735. The Balaban J connectivity index is 1.84. The number of para-hydroxylation sites is 2. The number of fused-ring (bicyclic) bond motifs is 1. The van der Waals surface area contributed by atoms with Gasteiger partial charge in [-0.25, -0.2) is 9.97 Å². The molecule has 1 atom stereocenters. The number of methoxy groups -OCH3 is 1. The zero-order valence-corrected chi connectivity index (χ0v) is 17.8. The van der Waals surface area contributed by atoms with E-state index in [0.717, 1.165) is 48.3 Å². The molecule has 1 saturated heterocycles. The van der Waals surface area contributed by atoms with E-state index in [1.807, 2.05) is 48.2 Å². The second-order valence-electron chi connectivity index (χ2n) is 7.75. The molecule has 0 aliphatic carbocycles. The molecule has 30 heavy (non-hydrogen) atoms. The number of amides is 1. The Hall–Kier alpha value is -3.15. The van der Waals surface area contributed by atoms with Crippen LogP contribution in [-0.2, 0) is 0 Å². The van der Waals surface area contributed by atoms with Gasteiger partial charge in [0.1, 0.15) is 5.75 Å². The van der Waals surface area contributed by atoms with Gasteiger partial charge in [-0.3, -0.25) is 4.79 Å². The number of aromatic nitrogens is 2. The molecule has 4 rings (SSSR count). The van der Waals surface area contributed by atoms with Crippen LogP contribution >= 0.6 is 0 Å². The molecule has 2 aromatic heterocycles. The first-order valence-electron chi connectivity index (χ1n) is 10.6. The highest BCUT2D eigenvalue weighted by Crippen LogP contribution is 2.34. The number of nitrogens with zero attached hydrogens (tertiary/aromatic N) is 3. The van der Waals surface area contributed by atoms with Gasteiger partial charge in [0.15, 0.2) is 5.65 Å². The van der Waals surface area contributed by atoms with Crippen molar-refractivity contribution in [2.45, 2.75) is 45.6 Å². The van der Waals surface area contributed by atoms with Crippen molar-refractivity contribution in [3.8, 4) is 5.75 Å². The average molecular weight is 405 g/mol. The third-order valence-corrected chi connectivity index (χ3v) is 5.83. The molecule has 1 amide bonds. The summed E-state index contributed by atoms with van der Waals surface area (Å²) in [5, 5.41) is 4.28. The zero-order chi connectivity index (χ0) is 21.1. The standard InChI is InChI=1S/C24H28N4O2/c1-4-17-9-7-8-14-28(17)24(29)19-15-25-23-18(13-12-16(2)26-23)22(19)27-20-10-5-6-11-21(20)30-3/h5-6,10-13,15,17H,4,7-9,14H2,1-3H3,(H,25,26,27)/t17-/m0/s1. The van der Waals surface area contributed by atoms with Crippen LogP contribution in [0.2, 0.25) is 0 Å². The summed E-state index contributed by atoms with van der Waals surface area (Å²) in [6.45, 7) is 4.87. The van der Waals surface area contributed by atoms with Crippen molar-refractivity contribution in [1.82, 2.24) is 14.9 Å². The lowest BCUT2D eigenvalue weighted by Crippen LogP contribution is -2.43. The van der Waals surface area contributed by atoms with Gasteiger partial charge in [0, 0.05) is 29.9 Å². The first-order valence-corrected chi connectivity index (χ1v) is 10.6. The van der Waals surface area contributed by atoms with Crippen molar-refractivity contribution < 1.29 is 9.53 Å². The largest absolute Gasteiger partial charge is 0.495 e. The summed E-state index contributed by atoms with van der Waals surface area (Å²) in [5.41, 5.74) is 3.60. The molecule has 1 aromatic carbocycles. The van der Waals surface area contributed by atoms with Crippen LogP contribution in [0.25, 0.3) is 11.0 Å². The summed E-state index contributed by atoms with van der Waals surface area (Å²) in [4.78, 5) is 24.7. The predicted molar refractivity (Wildman–Crippen MR) is 120 cm³/mol. The van der Waals surface area contributed by atoms with Crippen LogP contribution in [0.3, 0.4) is 0 Å². The van der Waals surface area contributed by atoms with Crippen LogP contribution in [0.5, 0.6) is 5.75 Å². The number of likely N-dealkylation sites (tertiary alicyclic amines) is 1. The van der Waals surface area contributed by atoms with E-state index in [0.29, 0.717) is 17.0 Å². The van der Waals surface area contributed by atoms with Gasteiger partial charge in [-0.2, -0.15) is 0 Å². The summed E-state index contributed by atoms with van der Waals surface area (Å²) in [6, 6.07) is 11.9. The fraction of sp³-hybridized carbons (Fsp3) is 0.375. The van der Waals surface area contributed by atoms with Crippen molar-refractivity contribution in [3.63, 3.8) is 0 Å². The predicted octanol–water partition coefficient (Wildman–Crippen LogP) is 5.10. The van der Waals surface area contributed by atoms with E-state index < -0.39 is 0 Å². The van der Waals surface area contributed by atoms with Crippen molar-refractivity contribution in [2.24, 2.45) is 0 Å². The Bertz CT molecular complexity index is 1070. The molecule has 156 valence electrons. The van der Waals surface area contributed by atoms with Gasteiger partial charge in [0.25, 0.3) is 5.91 Å². The average Bonchev–Trinajstić information content (AvgIpc) is 2.79. The first kappa shape index (κ1) is 20.1. The number of anilines is 2. The lowest BCUT2D eigenvalue weighted by atomic mass is 9.98. The number of carbonyl (C=O) groups is 1. The molecular formula is C24H28N4O2. The normalized spacial score (nSPS) is 16.5. The number of carbonyl (C=O) groups excluding carboxylic acids is 1. The fourth-order valence-electron chi connectivity index (χ4n) is 4.20. The highest BCUT2D eigenvalue weighted by atomic mass is 16.5. The number of piperidine rings is 1. The fourth-order valence-corrected chi connectivity index (χ4v) is 4.20. The Labute approximate surface area is 177 Å². The molecule has 6 nitrogen and oxygen atoms in total. The van der Waals surface area contributed by atoms with Crippen molar-refractivity contribution in [2.75, 3.05) is 19.0 Å². The van der Waals surface area contributed by atoms with Gasteiger partial charge < -0.3 is 15.0 Å². The maximum Gasteiger partial charge on any atom is 0.257 e. The highest BCUT2D eigenvalue weighted by molar-refractivity contribution is 6.07. The van der Waals surface area contributed by atoms with E-state index in [9.17, 15) is 4.79 Å². The van der Waals surface area contributed by atoms with Crippen LogP contribution < -0.4 is 10.1 Å². The third-order valence-electron chi connectivity index (χ3n) is 5.83. The molecular weight excluding hydrogens is 376 g/mol. The van der Waals surface area contributed by atoms with Gasteiger partial charge in [0.05, 0.1) is 24.0 Å². The van der Waals surface area contributed by atoms with E-state index in [1.165, 1.54) is 6.42 Å². The van der Waals surface area contributed by atoms with Crippen molar-refractivity contribution in [3.05, 3.63) is 53.9 Å². The van der Waals surface area contributed by atoms with Gasteiger partial charge >= 0.3 is 0 Å². The topological polar surface area (TPSA) is 67.4 Å². The smallest absolute Gasteiger partial charge is 0.257 e. The van der Waals surface area contributed by atoms with Gasteiger partial charge in [0.2, 0.25) is 0 Å².